The third-order valence-corrected chi connectivity index (χ3v) is 3.78. The molecule has 1 heterocycles. The van der Waals surface area contributed by atoms with Gasteiger partial charge < -0.3 is 15.0 Å². The topological polar surface area (TPSA) is 41.6 Å². The highest BCUT2D eigenvalue weighted by Crippen LogP contribution is 2.30. The van der Waals surface area contributed by atoms with Crippen molar-refractivity contribution in [2.45, 2.75) is 6.42 Å². The van der Waals surface area contributed by atoms with E-state index < -0.39 is 0 Å². The zero-order valence-electron chi connectivity index (χ0n) is 12.8. The molecule has 0 fully saturated rings. The molecule has 1 N–H and O–H groups in total. The molecule has 1 aliphatic heterocycles. The van der Waals surface area contributed by atoms with Crippen molar-refractivity contribution < 1.29 is 13.9 Å². The standard InChI is InChI=1S/C18H19FN2O2/c19-15-5-3-4-14(12-15)13-18(22)20-8-9-21-10-11-23-17-7-2-1-6-16(17)21/h1-7,12H,8-11,13H2,(H,20,22). The van der Waals surface area contributed by atoms with Crippen molar-refractivity contribution in [1.82, 2.24) is 5.32 Å². The van der Waals surface area contributed by atoms with E-state index in [9.17, 15) is 9.18 Å². The molecule has 0 aliphatic carbocycles. The minimum Gasteiger partial charge on any atom is -0.490 e. The summed E-state index contributed by atoms with van der Waals surface area (Å²) in [5.41, 5.74) is 1.73. The number of nitrogens with one attached hydrogen (secondary N) is 1. The fourth-order valence-corrected chi connectivity index (χ4v) is 2.68. The number of carbonyl (C=O) groups is 1. The number of anilines is 1. The number of para-hydroxylation sites is 2. The molecule has 23 heavy (non-hydrogen) atoms. The quantitative estimate of drug-likeness (QED) is 0.921. The van der Waals surface area contributed by atoms with Crippen molar-refractivity contribution in [1.29, 1.82) is 0 Å². The Morgan fingerprint density at radius 3 is 2.96 bits per heavy atom. The fraction of sp³-hybridized carbons (Fsp3) is 0.278. The van der Waals surface area contributed by atoms with Gasteiger partial charge in [-0.3, -0.25) is 4.79 Å². The molecule has 5 heteroatoms. The van der Waals surface area contributed by atoms with Gasteiger partial charge in [0.1, 0.15) is 18.2 Å². The number of hydrogen-bond acceptors (Lipinski definition) is 3. The van der Waals surface area contributed by atoms with Crippen LogP contribution in [0.5, 0.6) is 5.75 Å². The highest BCUT2D eigenvalue weighted by molar-refractivity contribution is 5.78. The van der Waals surface area contributed by atoms with Crippen molar-refractivity contribution in [3.05, 3.63) is 59.9 Å². The smallest absolute Gasteiger partial charge is 0.224 e. The monoisotopic (exact) mass is 314 g/mol. The van der Waals surface area contributed by atoms with Crippen LogP contribution in [0.25, 0.3) is 0 Å². The van der Waals surface area contributed by atoms with E-state index in [0.717, 1.165) is 24.5 Å². The number of halogens is 1. The zero-order valence-corrected chi connectivity index (χ0v) is 12.8. The highest BCUT2D eigenvalue weighted by Gasteiger charge is 2.16. The molecular formula is C18H19FN2O2. The van der Waals surface area contributed by atoms with Crippen molar-refractivity contribution in [3.63, 3.8) is 0 Å². The molecule has 2 aromatic rings. The number of amides is 1. The Kier molecular flexibility index (Phi) is 4.76. The van der Waals surface area contributed by atoms with Gasteiger partial charge in [-0.05, 0) is 29.8 Å². The Morgan fingerprint density at radius 2 is 2.09 bits per heavy atom. The first-order valence-corrected chi connectivity index (χ1v) is 7.70. The molecule has 1 amide bonds. The van der Waals surface area contributed by atoms with Crippen molar-refractivity contribution in [2.24, 2.45) is 0 Å². The lowest BCUT2D eigenvalue weighted by Gasteiger charge is -2.31. The summed E-state index contributed by atoms with van der Waals surface area (Å²) < 4.78 is 18.7. The predicted molar refractivity (Wildman–Crippen MR) is 87.3 cm³/mol. The molecule has 3 rings (SSSR count). The summed E-state index contributed by atoms with van der Waals surface area (Å²) in [6.07, 6.45) is 0.192. The Labute approximate surface area is 134 Å². The van der Waals surface area contributed by atoms with Crippen molar-refractivity contribution >= 4 is 11.6 Å². The van der Waals surface area contributed by atoms with Crippen molar-refractivity contribution in [2.75, 3.05) is 31.1 Å². The summed E-state index contributed by atoms with van der Waals surface area (Å²) in [5, 5.41) is 2.88. The number of hydrogen-bond donors (Lipinski definition) is 1. The number of benzene rings is 2. The molecule has 0 saturated heterocycles. The second-order valence-electron chi connectivity index (χ2n) is 5.46. The van der Waals surface area contributed by atoms with Crippen LogP contribution in [0.15, 0.2) is 48.5 Å². The molecule has 120 valence electrons. The van der Waals surface area contributed by atoms with Gasteiger partial charge in [-0.1, -0.05) is 24.3 Å². The van der Waals surface area contributed by atoms with Gasteiger partial charge in [0.25, 0.3) is 0 Å². The van der Waals surface area contributed by atoms with Crippen LogP contribution in [0.3, 0.4) is 0 Å². The van der Waals surface area contributed by atoms with Gasteiger partial charge in [0.15, 0.2) is 0 Å². The first-order valence-electron chi connectivity index (χ1n) is 7.70. The average molecular weight is 314 g/mol. The van der Waals surface area contributed by atoms with E-state index in [1.165, 1.54) is 12.1 Å². The van der Waals surface area contributed by atoms with E-state index in [4.69, 9.17) is 4.74 Å². The van der Waals surface area contributed by atoms with Gasteiger partial charge in [-0.15, -0.1) is 0 Å². The third kappa shape index (κ3) is 4.00. The summed E-state index contributed by atoms with van der Waals surface area (Å²) >= 11 is 0. The second kappa shape index (κ2) is 7.13. The van der Waals surface area contributed by atoms with Crippen LogP contribution in [0, 0.1) is 5.82 Å². The van der Waals surface area contributed by atoms with Gasteiger partial charge in [-0.2, -0.15) is 0 Å². The van der Waals surface area contributed by atoms with Crippen LogP contribution in [0.2, 0.25) is 0 Å². The number of rotatable bonds is 5. The van der Waals surface area contributed by atoms with Crippen LogP contribution in [0.4, 0.5) is 10.1 Å². The lowest BCUT2D eigenvalue weighted by Crippen LogP contribution is -2.39. The minimum absolute atomic E-state index is 0.0999. The van der Waals surface area contributed by atoms with Gasteiger partial charge in [-0.25, -0.2) is 4.39 Å². The largest absolute Gasteiger partial charge is 0.490 e. The number of nitrogens with zero attached hydrogens (tertiary/aromatic N) is 1. The molecule has 0 atom stereocenters. The average Bonchev–Trinajstić information content (AvgIpc) is 2.55. The summed E-state index contributed by atoms with van der Waals surface area (Å²) in [5.74, 6) is 0.460. The molecule has 2 aromatic carbocycles. The lowest BCUT2D eigenvalue weighted by molar-refractivity contribution is -0.120. The molecule has 0 aromatic heterocycles. The predicted octanol–water partition coefficient (Wildman–Crippen LogP) is 2.38. The molecule has 0 saturated carbocycles. The number of fused-ring (bicyclic) bond motifs is 1. The van der Waals surface area contributed by atoms with Crippen LogP contribution >= 0.6 is 0 Å². The zero-order chi connectivity index (χ0) is 16.1. The molecule has 0 unspecified atom stereocenters. The maximum atomic E-state index is 13.1. The maximum absolute atomic E-state index is 13.1. The van der Waals surface area contributed by atoms with E-state index in [0.29, 0.717) is 18.7 Å². The highest BCUT2D eigenvalue weighted by atomic mass is 19.1. The first-order chi connectivity index (χ1) is 11.2. The van der Waals surface area contributed by atoms with E-state index in [2.05, 4.69) is 10.2 Å². The summed E-state index contributed by atoms with van der Waals surface area (Å²) in [6, 6.07) is 14.0. The first kappa shape index (κ1) is 15.3. The van der Waals surface area contributed by atoms with E-state index >= 15 is 0 Å². The Morgan fingerprint density at radius 1 is 1.22 bits per heavy atom. The molecular weight excluding hydrogens is 295 g/mol. The lowest BCUT2D eigenvalue weighted by atomic mass is 10.1. The van der Waals surface area contributed by atoms with Crippen LogP contribution in [0.1, 0.15) is 5.56 Å². The summed E-state index contributed by atoms with van der Waals surface area (Å²) in [7, 11) is 0. The fourth-order valence-electron chi connectivity index (χ4n) is 2.68. The summed E-state index contributed by atoms with van der Waals surface area (Å²) in [4.78, 5) is 14.1. The Balaban J connectivity index is 1.49. The van der Waals surface area contributed by atoms with Gasteiger partial charge >= 0.3 is 0 Å². The van der Waals surface area contributed by atoms with E-state index in [1.807, 2.05) is 24.3 Å². The minimum atomic E-state index is -0.319. The van der Waals surface area contributed by atoms with E-state index in [-0.39, 0.29) is 18.1 Å². The number of carbonyl (C=O) groups excluding carboxylic acids is 1. The molecule has 4 nitrogen and oxygen atoms in total. The van der Waals surface area contributed by atoms with E-state index in [1.54, 1.807) is 12.1 Å². The molecule has 0 bridgehead atoms. The van der Waals surface area contributed by atoms with Crippen molar-refractivity contribution in [3.8, 4) is 5.75 Å². The molecule has 1 aliphatic rings. The van der Waals surface area contributed by atoms with Gasteiger partial charge in [0, 0.05) is 13.1 Å². The van der Waals surface area contributed by atoms with Crippen LogP contribution in [-0.2, 0) is 11.2 Å². The SMILES string of the molecule is O=C(Cc1cccc(F)c1)NCCN1CCOc2ccccc21. The third-order valence-electron chi connectivity index (χ3n) is 3.78. The van der Waals surface area contributed by atoms with Gasteiger partial charge in [0.05, 0.1) is 18.7 Å². The second-order valence-corrected chi connectivity index (χ2v) is 5.46. The normalized spacial score (nSPS) is 13.2. The number of ether oxygens (including phenoxy) is 1. The Hall–Kier alpha value is -2.56. The molecule has 0 radical (unpaired) electrons. The molecule has 0 spiro atoms. The van der Waals surface area contributed by atoms with Crippen LogP contribution < -0.4 is 15.0 Å². The van der Waals surface area contributed by atoms with Crippen LogP contribution in [-0.4, -0.2) is 32.1 Å². The van der Waals surface area contributed by atoms with Gasteiger partial charge in [0.2, 0.25) is 5.91 Å². The summed E-state index contributed by atoms with van der Waals surface area (Å²) in [6.45, 7) is 2.71. The maximum Gasteiger partial charge on any atom is 0.224 e. The Bertz CT molecular complexity index is 690.